The van der Waals surface area contributed by atoms with E-state index in [2.05, 4.69) is 15.4 Å². The molecule has 0 unspecified atom stereocenters. The summed E-state index contributed by atoms with van der Waals surface area (Å²) in [5.74, 6) is -0.108. The number of aryl methyl sites for hydroxylation is 1. The molecule has 4 rings (SSSR count). The van der Waals surface area contributed by atoms with Crippen LogP contribution in [0.15, 0.2) is 47.1 Å². The second kappa shape index (κ2) is 8.04. The minimum absolute atomic E-state index is 0.163. The lowest BCUT2D eigenvalue weighted by Crippen LogP contribution is -2.20. The number of aromatic nitrogens is 3. The number of alkyl halides is 2. The fourth-order valence-corrected chi connectivity index (χ4v) is 3.71. The molecule has 6 nitrogen and oxygen atoms in total. The molecule has 0 spiro atoms. The molecule has 0 saturated heterocycles. The van der Waals surface area contributed by atoms with Crippen LogP contribution in [0.1, 0.15) is 17.7 Å². The third-order valence-electron chi connectivity index (χ3n) is 4.36. The number of nitrogens with zero attached hydrogens (tertiary/aromatic N) is 3. The summed E-state index contributed by atoms with van der Waals surface area (Å²) < 4.78 is 34.0. The fourth-order valence-electron chi connectivity index (χ4n) is 3.18. The van der Waals surface area contributed by atoms with Gasteiger partial charge in [-0.1, -0.05) is 23.2 Å². The van der Waals surface area contributed by atoms with Crippen molar-refractivity contribution >= 4 is 45.8 Å². The van der Waals surface area contributed by atoms with Crippen LogP contribution in [0, 0.1) is 6.92 Å². The van der Waals surface area contributed by atoms with Gasteiger partial charge in [-0.05, 0) is 43.3 Å². The van der Waals surface area contributed by atoms with E-state index in [0.29, 0.717) is 27.2 Å². The summed E-state index contributed by atoms with van der Waals surface area (Å²) in [5, 5.41) is 7.85. The smallest absolute Gasteiger partial charge is 0.264 e. The predicted octanol–water partition coefficient (Wildman–Crippen LogP) is 5.88. The summed E-state index contributed by atoms with van der Waals surface area (Å²) in [6, 6.07) is 9.15. The lowest BCUT2D eigenvalue weighted by atomic mass is 10.1. The summed E-state index contributed by atoms with van der Waals surface area (Å²) in [6.07, 6.45) is -1.32. The number of rotatable bonds is 5. The molecule has 0 bridgehead atoms. The number of halogens is 4. The molecular weight excluding hydrogens is 437 g/mol. The van der Waals surface area contributed by atoms with Crippen LogP contribution in [-0.2, 0) is 11.3 Å². The molecule has 10 heteroatoms. The summed E-state index contributed by atoms with van der Waals surface area (Å²) >= 11 is 11.9. The average molecular weight is 451 g/mol. The topological polar surface area (TPSA) is 73.0 Å². The van der Waals surface area contributed by atoms with Crippen LogP contribution in [0.2, 0.25) is 10.0 Å². The zero-order valence-electron chi connectivity index (χ0n) is 15.5. The maximum Gasteiger partial charge on any atom is 0.264 e. The van der Waals surface area contributed by atoms with Crippen LogP contribution in [0.25, 0.3) is 22.5 Å². The minimum atomic E-state index is -2.75. The van der Waals surface area contributed by atoms with Gasteiger partial charge in [-0.3, -0.25) is 4.79 Å². The quantitative estimate of drug-likeness (QED) is 0.411. The fraction of sp³-hybridized carbons (Fsp3) is 0.150. The average Bonchev–Trinajstić information content (AvgIpc) is 3.29. The number of carbonyl (C=O) groups is 1. The maximum absolute atomic E-state index is 13.7. The van der Waals surface area contributed by atoms with Gasteiger partial charge in [0.2, 0.25) is 5.91 Å². The zero-order chi connectivity index (χ0) is 21.4. The molecule has 1 N–H and O–H groups in total. The van der Waals surface area contributed by atoms with E-state index < -0.39 is 12.3 Å². The van der Waals surface area contributed by atoms with E-state index in [-0.39, 0.29) is 28.8 Å². The lowest BCUT2D eigenvalue weighted by Gasteiger charge is -2.09. The third kappa shape index (κ3) is 4.01. The van der Waals surface area contributed by atoms with Crippen molar-refractivity contribution in [1.82, 2.24) is 14.8 Å². The molecule has 0 saturated carbocycles. The Balaban J connectivity index is 1.72. The molecule has 154 valence electrons. The van der Waals surface area contributed by atoms with E-state index in [1.54, 1.807) is 31.2 Å². The van der Waals surface area contributed by atoms with Crippen molar-refractivity contribution < 1.29 is 18.0 Å². The first-order chi connectivity index (χ1) is 14.3. The number of carbonyl (C=O) groups excluding carboxylic acids is 1. The number of amides is 1. The number of hydrogen-bond acceptors (Lipinski definition) is 4. The van der Waals surface area contributed by atoms with Gasteiger partial charge in [0.05, 0.1) is 17.3 Å². The van der Waals surface area contributed by atoms with Crippen LogP contribution in [0.5, 0.6) is 0 Å². The van der Waals surface area contributed by atoms with Crippen LogP contribution in [-0.4, -0.2) is 20.7 Å². The molecule has 0 aliphatic heterocycles. The first kappa shape index (κ1) is 20.3. The number of furan rings is 1. The first-order valence-electron chi connectivity index (χ1n) is 8.78. The Labute approximate surface area is 179 Å². The SMILES string of the molecule is Cc1nn(CC(=O)Nc2cc(Cl)cc(Cl)c2)c2nc(-c3ccco3)cc(C(F)F)c12. The molecule has 1 aromatic carbocycles. The van der Waals surface area contributed by atoms with Gasteiger partial charge >= 0.3 is 0 Å². The monoisotopic (exact) mass is 450 g/mol. The Kier molecular flexibility index (Phi) is 5.44. The van der Waals surface area contributed by atoms with Gasteiger partial charge < -0.3 is 9.73 Å². The van der Waals surface area contributed by atoms with Gasteiger partial charge in [-0.2, -0.15) is 5.10 Å². The van der Waals surface area contributed by atoms with Crippen LogP contribution in [0.3, 0.4) is 0 Å². The first-order valence-corrected chi connectivity index (χ1v) is 9.53. The second-order valence-electron chi connectivity index (χ2n) is 6.52. The van der Waals surface area contributed by atoms with Gasteiger partial charge in [-0.15, -0.1) is 0 Å². The predicted molar refractivity (Wildman–Crippen MR) is 110 cm³/mol. The molecule has 3 heterocycles. The van der Waals surface area contributed by atoms with Crippen LogP contribution in [0.4, 0.5) is 14.5 Å². The molecule has 1 amide bonds. The molecule has 3 aromatic heterocycles. The molecule has 0 aliphatic carbocycles. The minimum Gasteiger partial charge on any atom is -0.463 e. The number of fused-ring (bicyclic) bond motifs is 1. The number of nitrogens with one attached hydrogen (secondary N) is 1. The van der Waals surface area contributed by atoms with Gasteiger partial charge in [0.1, 0.15) is 12.2 Å². The lowest BCUT2D eigenvalue weighted by molar-refractivity contribution is -0.116. The summed E-state index contributed by atoms with van der Waals surface area (Å²) in [5.41, 5.74) is 0.916. The zero-order valence-corrected chi connectivity index (χ0v) is 17.0. The second-order valence-corrected chi connectivity index (χ2v) is 7.40. The highest BCUT2D eigenvalue weighted by molar-refractivity contribution is 6.35. The Hall–Kier alpha value is -2.97. The van der Waals surface area contributed by atoms with E-state index in [1.807, 2.05) is 0 Å². The van der Waals surface area contributed by atoms with E-state index in [1.165, 1.54) is 23.1 Å². The van der Waals surface area contributed by atoms with Crippen molar-refractivity contribution in [3.63, 3.8) is 0 Å². The molecule has 4 aromatic rings. The summed E-state index contributed by atoms with van der Waals surface area (Å²) in [7, 11) is 0. The molecule has 0 aliphatic rings. The number of pyridine rings is 1. The van der Waals surface area contributed by atoms with Crippen molar-refractivity contribution in [2.45, 2.75) is 19.9 Å². The van der Waals surface area contributed by atoms with Crippen LogP contribution >= 0.6 is 23.2 Å². The number of hydrogen-bond donors (Lipinski definition) is 1. The molecule has 0 atom stereocenters. The van der Waals surface area contributed by atoms with Crippen LogP contribution < -0.4 is 5.32 Å². The van der Waals surface area contributed by atoms with Crippen molar-refractivity contribution in [2.75, 3.05) is 5.32 Å². The van der Waals surface area contributed by atoms with E-state index >= 15 is 0 Å². The Bertz CT molecular complexity index is 1220. The molecule has 0 fully saturated rings. The normalized spacial score (nSPS) is 11.4. The molecule has 30 heavy (non-hydrogen) atoms. The highest BCUT2D eigenvalue weighted by Gasteiger charge is 2.22. The van der Waals surface area contributed by atoms with Crippen molar-refractivity contribution in [2.24, 2.45) is 0 Å². The van der Waals surface area contributed by atoms with Gasteiger partial charge in [0, 0.05) is 21.3 Å². The van der Waals surface area contributed by atoms with E-state index in [9.17, 15) is 13.6 Å². The molecule has 0 radical (unpaired) electrons. The number of anilines is 1. The van der Waals surface area contributed by atoms with Gasteiger partial charge in [0.15, 0.2) is 11.4 Å². The Morgan fingerprint density at radius 1 is 1.23 bits per heavy atom. The molecular formula is C20H14Cl2F2N4O2. The largest absolute Gasteiger partial charge is 0.463 e. The number of benzene rings is 1. The van der Waals surface area contributed by atoms with Crippen molar-refractivity contribution in [3.8, 4) is 11.5 Å². The summed E-state index contributed by atoms with van der Waals surface area (Å²) in [4.78, 5) is 17.0. The van der Waals surface area contributed by atoms with E-state index in [0.717, 1.165) is 0 Å². The Morgan fingerprint density at radius 2 is 1.97 bits per heavy atom. The maximum atomic E-state index is 13.7. The van der Waals surface area contributed by atoms with Crippen molar-refractivity contribution in [3.05, 3.63) is 64.0 Å². The third-order valence-corrected chi connectivity index (χ3v) is 4.79. The van der Waals surface area contributed by atoms with Crippen molar-refractivity contribution in [1.29, 1.82) is 0 Å². The van der Waals surface area contributed by atoms with Gasteiger partial charge in [-0.25, -0.2) is 18.4 Å². The summed E-state index contributed by atoms with van der Waals surface area (Å²) in [6.45, 7) is 1.35. The van der Waals surface area contributed by atoms with E-state index in [4.69, 9.17) is 27.6 Å². The Morgan fingerprint density at radius 3 is 2.60 bits per heavy atom. The highest BCUT2D eigenvalue weighted by atomic mass is 35.5. The highest BCUT2D eigenvalue weighted by Crippen LogP contribution is 2.33. The van der Waals surface area contributed by atoms with Gasteiger partial charge in [0.25, 0.3) is 6.43 Å². The standard InChI is InChI=1S/C20H14Cl2F2N4O2/c1-10-18-14(19(23)24)8-15(16-3-2-4-30-16)26-20(18)28(27-10)9-17(29)25-13-6-11(21)5-12(22)7-13/h2-8,19H,9H2,1H3,(H,25,29).